The van der Waals surface area contributed by atoms with Gasteiger partial charge in [0.25, 0.3) is 0 Å². The quantitative estimate of drug-likeness (QED) is 0.811. The molecule has 17 heavy (non-hydrogen) atoms. The predicted molar refractivity (Wildman–Crippen MR) is 64.5 cm³/mol. The molecule has 1 aromatic rings. The summed E-state index contributed by atoms with van der Waals surface area (Å²) in [5.74, 6) is -0.837. The summed E-state index contributed by atoms with van der Waals surface area (Å²) in [6.45, 7) is 0. The number of para-hydroxylation sites is 1. The molecule has 0 aliphatic heterocycles. The maximum Gasteiger partial charge on any atom is 0.398 e. The van der Waals surface area contributed by atoms with Crippen molar-refractivity contribution < 1.29 is 13.2 Å². The van der Waals surface area contributed by atoms with Crippen LogP contribution in [0.15, 0.2) is 29.2 Å². The van der Waals surface area contributed by atoms with E-state index >= 15 is 0 Å². The SMILES string of the molecule is FC(F)(F)CSc1ccccc1NC1CCC1. The third-order valence-corrected chi connectivity index (χ3v) is 3.88. The Hall–Kier alpha value is -0.840. The van der Waals surface area contributed by atoms with Gasteiger partial charge in [0, 0.05) is 16.6 Å². The van der Waals surface area contributed by atoms with E-state index in [1.54, 1.807) is 12.1 Å². The van der Waals surface area contributed by atoms with Crippen molar-refractivity contribution in [1.29, 1.82) is 0 Å². The summed E-state index contributed by atoms with van der Waals surface area (Å²) in [7, 11) is 0. The molecule has 5 heteroatoms. The predicted octanol–water partition coefficient (Wildman–Crippen LogP) is 4.31. The normalized spacial score (nSPS) is 16.6. The zero-order chi connectivity index (χ0) is 12.3. The van der Waals surface area contributed by atoms with Gasteiger partial charge in [-0.1, -0.05) is 12.1 Å². The molecule has 0 aromatic heterocycles. The third kappa shape index (κ3) is 3.84. The van der Waals surface area contributed by atoms with Gasteiger partial charge in [-0.3, -0.25) is 0 Å². The fourth-order valence-electron chi connectivity index (χ4n) is 1.64. The van der Waals surface area contributed by atoms with Gasteiger partial charge in [-0.15, -0.1) is 11.8 Å². The molecule has 1 aliphatic carbocycles. The summed E-state index contributed by atoms with van der Waals surface area (Å²) in [6.07, 6.45) is -0.694. The van der Waals surface area contributed by atoms with Crippen LogP contribution in [0.2, 0.25) is 0 Å². The highest BCUT2D eigenvalue weighted by Gasteiger charge is 2.28. The van der Waals surface area contributed by atoms with Crippen LogP contribution in [-0.2, 0) is 0 Å². The summed E-state index contributed by atoms with van der Waals surface area (Å²) in [5.41, 5.74) is 0.825. The van der Waals surface area contributed by atoms with Crippen LogP contribution < -0.4 is 5.32 Å². The number of benzene rings is 1. The molecule has 1 N–H and O–H groups in total. The van der Waals surface area contributed by atoms with E-state index in [1.807, 2.05) is 12.1 Å². The lowest BCUT2D eigenvalue weighted by molar-refractivity contribution is -0.105. The first-order valence-corrected chi connectivity index (χ1v) is 6.58. The van der Waals surface area contributed by atoms with Crippen molar-refractivity contribution in [1.82, 2.24) is 0 Å². The molecule has 0 spiro atoms. The minimum Gasteiger partial charge on any atom is -0.381 e. The lowest BCUT2D eigenvalue weighted by Gasteiger charge is -2.28. The Labute approximate surface area is 103 Å². The molecule has 0 bridgehead atoms. The molecule has 1 fully saturated rings. The van der Waals surface area contributed by atoms with Crippen molar-refractivity contribution in [3.63, 3.8) is 0 Å². The van der Waals surface area contributed by atoms with Gasteiger partial charge in [0.1, 0.15) is 0 Å². The van der Waals surface area contributed by atoms with Gasteiger partial charge >= 0.3 is 6.18 Å². The van der Waals surface area contributed by atoms with Crippen LogP contribution in [0.25, 0.3) is 0 Å². The van der Waals surface area contributed by atoms with Crippen LogP contribution in [0.4, 0.5) is 18.9 Å². The number of hydrogen-bond acceptors (Lipinski definition) is 2. The number of nitrogens with one attached hydrogen (secondary N) is 1. The molecule has 0 saturated heterocycles. The van der Waals surface area contributed by atoms with Crippen molar-refractivity contribution in [2.45, 2.75) is 36.4 Å². The first-order valence-electron chi connectivity index (χ1n) is 5.60. The average molecular weight is 261 g/mol. The Bertz CT molecular complexity index is 374. The Morgan fingerprint density at radius 1 is 1.24 bits per heavy atom. The molecule has 0 atom stereocenters. The smallest absolute Gasteiger partial charge is 0.381 e. The second-order valence-corrected chi connectivity index (χ2v) is 5.19. The van der Waals surface area contributed by atoms with E-state index in [2.05, 4.69) is 5.32 Å². The maximum atomic E-state index is 12.2. The fraction of sp³-hybridized carbons (Fsp3) is 0.500. The van der Waals surface area contributed by atoms with Gasteiger partial charge in [0.2, 0.25) is 0 Å². The average Bonchev–Trinajstić information content (AvgIpc) is 2.21. The lowest BCUT2D eigenvalue weighted by atomic mass is 9.93. The zero-order valence-electron chi connectivity index (χ0n) is 9.26. The van der Waals surface area contributed by atoms with Gasteiger partial charge in [0.15, 0.2) is 0 Å². The summed E-state index contributed by atoms with van der Waals surface area (Å²) in [5, 5.41) is 3.30. The zero-order valence-corrected chi connectivity index (χ0v) is 10.1. The number of halogens is 3. The lowest BCUT2D eigenvalue weighted by Crippen LogP contribution is -2.27. The number of hydrogen-bond donors (Lipinski definition) is 1. The van der Waals surface area contributed by atoms with E-state index < -0.39 is 11.9 Å². The summed E-state index contributed by atoms with van der Waals surface area (Å²) < 4.78 is 36.5. The van der Waals surface area contributed by atoms with Gasteiger partial charge in [-0.2, -0.15) is 13.2 Å². The van der Waals surface area contributed by atoms with E-state index in [0.29, 0.717) is 10.9 Å². The molecule has 1 nitrogen and oxygen atoms in total. The van der Waals surface area contributed by atoms with Crippen molar-refractivity contribution in [2.24, 2.45) is 0 Å². The Morgan fingerprint density at radius 2 is 1.94 bits per heavy atom. The number of alkyl halides is 3. The standard InChI is InChI=1S/C12H14F3NS/c13-12(14,15)8-17-11-7-2-1-6-10(11)16-9-4-3-5-9/h1-2,6-7,9,16H,3-5,8H2. The van der Waals surface area contributed by atoms with Gasteiger partial charge in [0.05, 0.1) is 5.75 Å². The molecular weight excluding hydrogens is 247 g/mol. The highest BCUT2D eigenvalue weighted by molar-refractivity contribution is 7.99. The number of anilines is 1. The number of thioether (sulfide) groups is 1. The molecule has 94 valence electrons. The van der Waals surface area contributed by atoms with Crippen LogP contribution >= 0.6 is 11.8 Å². The third-order valence-electron chi connectivity index (χ3n) is 2.74. The van der Waals surface area contributed by atoms with Crippen molar-refractivity contribution in [3.8, 4) is 0 Å². The van der Waals surface area contributed by atoms with Crippen LogP contribution in [-0.4, -0.2) is 18.0 Å². The van der Waals surface area contributed by atoms with Crippen LogP contribution in [0.3, 0.4) is 0 Å². The Morgan fingerprint density at radius 3 is 2.53 bits per heavy atom. The second kappa shape index (κ2) is 5.21. The molecular formula is C12H14F3NS. The van der Waals surface area contributed by atoms with Gasteiger partial charge in [-0.25, -0.2) is 0 Å². The summed E-state index contributed by atoms with van der Waals surface area (Å²) in [6, 6.07) is 7.63. The molecule has 2 rings (SSSR count). The topological polar surface area (TPSA) is 12.0 Å². The van der Waals surface area contributed by atoms with E-state index in [9.17, 15) is 13.2 Å². The van der Waals surface area contributed by atoms with Crippen LogP contribution in [0.5, 0.6) is 0 Å². The van der Waals surface area contributed by atoms with Crippen molar-refractivity contribution in [2.75, 3.05) is 11.1 Å². The molecule has 0 amide bonds. The van der Waals surface area contributed by atoms with Crippen LogP contribution in [0, 0.1) is 0 Å². The first kappa shape index (κ1) is 12.6. The van der Waals surface area contributed by atoms with Gasteiger partial charge in [-0.05, 0) is 31.4 Å². The van der Waals surface area contributed by atoms with E-state index in [4.69, 9.17) is 0 Å². The van der Waals surface area contributed by atoms with Crippen molar-refractivity contribution in [3.05, 3.63) is 24.3 Å². The Balaban J connectivity index is 1.99. The molecule has 1 aromatic carbocycles. The molecule has 0 heterocycles. The highest BCUT2D eigenvalue weighted by Crippen LogP contribution is 2.34. The monoisotopic (exact) mass is 261 g/mol. The van der Waals surface area contributed by atoms with E-state index in [0.717, 1.165) is 30.3 Å². The van der Waals surface area contributed by atoms with Gasteiger partial charge < -0.3 is 5.32 Å². The Kier molecular flexibility index (Phi) is 3.86. The van der Waals surface area contributed by atoms with Crippen molar-refractivity contribution >= 4 is 17.4 Å². The summed E-state index contributed by atoms with van der Waals surface area (Å²) >= 11 is 0.843. The number of rotatable bonds is 4. The molecule has 1 aliphatic rings. The second-order valence-electron chi connectivity index (χ2n) is 4.17. The molecule has 1 saturated carbocycles. The fourth-order valence-corrected chi connectivity index (χ4v) is 2.42. The maximum absolute atomic E-state index is 12.2. The minimum absolute atomic E-state index is 0.433. The van der Waals surface area contributed by atoms with Crippen LogP contribution in [0.1, 0.15) is 19.3 Å². The molecule has 0 unspecified atom stereocenters. The molecule has 0 radical (unpaired) electrons. The minimum atomic E-state index is -4.12. The first-order chi connectivity index (χ1) is 8.04. The largest absolute Gasteiger partial charge is 0.398 e. The highest BCUT2D eigenvalue weighted by atomic mass is 32.2. The van der Waals surface area contributed by atoms with E-state index in [1.165, 1.54) is 6.42 Å². The summed E-state index contributed by atoms with van der Waals surface area (Å²) in [4.78, 5) is 0.678. The van der Waals surface area contributed by atoms with E-state index in [-0.39, 0.29) is 0 Å².